The van der Waals surface area contributed by atoms with Gasteiger partial charge >= 0.3 is 6.36 Å². The summed E-state index contributed by atoms with van der Waals surface area (Å²) in [5, 5.41) is 0.532. The minimum atomic E-state index is -4.86. The molecule has 0 radical (unpaired) electrons. The Hall–Kier alpha value is -1.23. The highest BCUT2D eigenvalue weighted by atomic mass is 35.5. The van der Waals surface area contributed by atoms with E-state index in [9.17, 15) is 21.6 Å². The predicted octanol–water partition coefficient (Wildman–Crippen LogP) is 4.29. The molecule has 2 rings (SSSR count). The smallest absolute Gasteiger partial charge is 0.406 e. The molecule has 0 saturated heterocycles. The number of benzene rings is 2. The molecule has 12 heteroatoms. The van der Waals surface area contributed by atoms with Crippen molar-refractivity contribution in [3.63, 3.8) is 0 Å². The summed E-state index contributed by atoms with van der Waals surface area (Å²) >= 11 is 11.7. The van der Waals surface area contributed by atoms with Crippen molar-refractivity contribution in [2.45, 2.75) is 17.3 Å². The Balaban J connectivity index is 0.00000364. The summed E-state index contributed by atoms with van der Waals surface area (Å²) in [4.78, 5) is -0.245. The molecule has 1 atom stereocenters. The lowest BCUT2D eigenvalue weighted by molar-refractivity contribution is -0.274. The first-order valence-electron chi connectivity index (χ1n) is 7.05. The van der Waals surface area contributed by atoms with Gasteiger partial charge in [-0.25, -0.2) is 13.1 Å². The third kappa shape index (κ3) is 6.70. The molecule has 3 N–H and O–H groups in total. The van der Waals surface area contributed by atoms with Crippen molar-refractivity contribution >= 4 is 45.6 Å². The lowest BCUT2D eigenvalue weighted by atomic mass is 10.1. The van der Waals surface area contributed by atoms with E-state index in [1.54, 1.807) is 6.07 Å². The van der Waals surface area contributed by atoms with Gasteiger partial charge in [0.25, 0.3) is 0 Å². The Morgan fingerprint density at radius 2 is 1.67 bits per heavy atom. The molecule has 0 aliphatic carbocycles. The SMILES string of the molecule is Cl.NCC(NS(=O)(=O)c1ccc(OC(F)(F)F)cc1)c1ccc(Cl)c(Cl)c1. The lowest BCUT2D eigenvalue weighted by Crippen LogP contribution is -2.33. The van der Waals surface area contributed by atoms with Crippen molar-refractivity contribution in [2.75, 3.05) is 6.54 Å². The van der Waals surface area contributed by atoms with Gasteiger partial charge < -0.3 is 10.5 Å². The van der Waals surface area contributed by atoms with Gasteiger partial charge in [-0.3, -0.25) is 0 Å². The van der Waals surface area contributed by atoms with Crippen LogP contribution in [0.2, 0.25) is 10.0 Å². The van der Waals surface area contributed by atoms with Crippen molar-refractivity contribution in [2.24, 2.45) is 5.73 Å². The highest BCUT2D eigenvalue weighted by Crippen LogP contribution is 2.27. The quantitative estimate of drug-likeness (QED) is 0.667. The van der Waals surface area contributed by atoms with E-state index in [2.05, 4.69) is 9.46 Å². The van der Waals surface area contributed by atoms with Gasteiger partial charge in [0.2, 0.25) is 10.0 Å². The first-order valence-corrected chi connectivity index (χ1v) is 9.29. The first kappa shape index (κ1) is 23.8. The molecule has 0 spiro atoms. The molecule has 5 nitrogen and oxygen atoms in total. The number of rotatable bonds is 6. The van der Waals surface area contributed by atoms with E-state index < -0.39 is 28.2 Å². The highest BCUT2D eigenvalue weighted by molar-refractivity contribution is 7.89. The summed E-state index contributed by atoms with van der Waals surface area (Å²) in [6, 6.07) is 7.52. The zero-order chi connectivity index (χ0) is 19.5. The maximum atomic E-state index is 12.4. The van der Waals surface area contributed by atoms with Gasteiger partial charge in [-0.15, -0.1) is 25.6 Å². The Labute approximate surface area is 170 Å². The number of sulfonamides is 1. The number of hydrogen-bond donors (Lipinski definition) is 2. The standard InChI is InChI=1S/C15H13Cl2F3N2O3S.ClH/c16-12-6-1-9(7-13(12)17)14(8-21)22-26(23,24)11-4-2-10(3-5-11)25-15(18,19)20;/h1-7,14,22H,8,21H2;1H. The van der Waals surface area contributed by atoms with Gasteiger partial charge in [-0.1, -0.05) is 29.3 Å². The Kier molecular flexibility index (Phi) is 8.21. The van der Waals surface area contributed by atoms with Gasteiger partial charge in [0.05, 0.1) is 21.0 Å². The number of hydrogen-bond acceptors (Lipinski definition) is 4. The fourth-order valence-electron chi connectivity index (χ4n) is 2.06. The zero-order valence-electron chi connectivity index (χ0n) is 13.3. The average molecular weight is 466 g/mol. The molecule has 150 valence electrons. The maximum absolute atomic E-state index is 12.4. The van der Waals surface area contributed by atoms with Crippen LogP contribution in [0.25, 0.3) is 0 Å². The van der Waals surface area contributed by atoms with Gasteiger partial charge in [-0.2, -0.15) is 0 Å². The molecule has 0 aromatic heterocycles. The Morgan fingerprint density at radius 3 is 2.15 bits per heavy atom. The number of halogens is 6. The van der Waals surface area contributed by atoms with E-state index in [0.29, 0.717) is 10.6 Å². The van der Waals surface area contributed by atoms with Crippen molar-refractivity contribution < 1.29 is 26.3 Å². The molecule has 2 aromatic carbocycles. The molecule has 1 unspecified atom stereocenters. The second-order valence-corrected chi connectivity index (χ2v) is 7.63. The number of nitrogens with two attached hydrogens (primary N) is 1. The van der Waals surface area contributed by atoms with Crippen LogP contribution in [0.1, 0.15) is 11.6 Å². The third-order valence-electron chi connectivity index (χ3n) is 3.25. The molecule has 0 aliphatic heterocycles. The summed E-state index contributed by atoms with van der Waals surface area (Å²) in [7, 11) is -4.05. The predicted molar refractivity (Wildman–Crippen MR) is 99.0 cm³/mol. The number of nitrogens with one attached hydrogen (secondary N) is 1. The van der Waals surface area contributed by atoms with Crippen LogP contribution in [-0.4, -0.2) is 21.3 Å². The van der Waals surface area contributed by atoms with Crippen LogP contribution < -0.4 is 15.2 Å². The van der Waals surface area contributed by atoms with Crippen LogP contribution in [-0.2, 0) is 10.0 Å². The molecular weight excluding hydrogens is 452 g/mol. The van der Waals surface area contributed by atoms with E-state index in [-0.39, 0.29) is 28.9 Å². The van der Waals surface area contributed by atoms with Crippen LogP contribution in [0.3, 0.4) is 0 Å². The Morgan fingerprint density at radius 1 is 1.07 bits per heavy atom. The molecule has 0 aliphatic rings. The topological polar surface area (TPSA) is 81.4 Å². The maximum Gasteiger partial charge on any atom is 0.573 e. The van der Waals surface area contributed by atoms with Crippen LogP contribution in [0.5, 0.6) is 5.75 Å². The van der Waals surface area contributed by atoms with Crippen LogP contribution >= 0.6 is 35.6 Å². The van der Waals surface area contributed by atoms with Crippen LogP contribution in [0.4, 0.5) is 13.2 Å². The molecule has 2 aromatic rings. The molecule has 0 heterocycles. The van der Waals surface area contributed by atoms with E-state index in [0.717, 1.165) is 24.3 Å². The summed E-state index contributed by atoms with van der Waals surface area (Å²) < 4.78 is 67.4. The third-order valence-corrected chi connectivity index (χ3v) is 5.47. The normalized spacial score (nSPS) is 13.0. The second-order valence-electron chi connectivity index (χ2n) is 5.10. The van der Waals surface area contributed by atoms with E-state index >= 15 is 0 Å². The first-order chi connectivity index (χ1) is 12.0. The van der Waals surface area contributed by atoms with E-state index in [4.69, 9.17) is 28.9 Å². The van der Waals surface area contributed by atoms with Gasteiger partial charge in [0.1, 0.15) is 5.75 Å². The summed E-state index contributed by atoms with van der Waals surface area (Å²) in [5.74, 6) is -0.531. The fraction of sp³-hybridized carbons (Fsp3) is 0.200. The molecule has 0 saturated carbocycles. The van der Waals surface area contributed by atoms with E-state index in [1.807, 2.05) is 0 Å². The summed E-state index contributed by atoms with van der Waals surface area (Å²) in [6.45, 7) is -0.0769. The lowest BCUT2D eigenvalue weighted by Gasteiger charge is -2.18. The van der Waals surface area contributed by atoms with Crippen molar-refractivity contribution in [1.29, 1.82) is 0 Å². The summed E-state index contributed by atoms with van der Waals surface area (Å²) in [6.07, 6.45) is -4.86. The number of ether oxygens (including phenoxy) is 1. The molecule has 0 amide bonds. The monoisotopic (exact) mass is 464 g/mol. The minimum absolute atomic E-state index is 0. The van der Waals surface area contributed by atoms with Crippen molar-refractivity contribution in [3.05, 3.63) is 58.1 Å². The fourth-order valence-corrected chi connectivity index (χ4v) is 3.60. The van der Waals surface area contributed by atoms with Gasteiger partial charge in [0.15, 0.2) is 0 Å². The van der Waals surface area contributed by atoms with Crippen molar-refractivity contribution in [1.82, 2.24) is 4.72 Å². The van der Waals surface area contributed by atoms with Gasteiger partial charge in [-0.05, 0) is 42.0 Å². The average Bonchev–Trinajstić information content (AvgIpc) is 2.54. The van der Waals surface area contributed by atoms with Crippen molar-refractivity contribution in [3.8, 4) is 5.75 Å². The molecule has 0 fully saturated rings. The molecular formula is C15H14Cl3F3N2O3S. The van der Waals surface area contributed by atoms with Crippen LogP contribution in [0, 0.1) is 0 Å². The van der Waals surface area contributed by atoms with Crippen LogP contribution in [0.15, 0.2) is 47.4 Å². The minimum Gasteiger partial charge on any atom is -0.406 e. The second kappa shape index (κ2) is 9.31. The van der Waals surface area contributed by atoms with Gasteiger partial charge in [0, 0.05) is 6.54 Å². The highest BCUT2D eigenvalue weighted by Gasteiger charge is 2.31. The summed E-state index contributed by atoms with van der Waals surface area (Å²) in [5.41, 5.74) is 6.11. The largest absolute Gasteiger partial charge is 0.573 e. The zero-order valence-corrected chi connectivity index (χ0v) is 16.5. The van der Waals surface area contributed by atoms with E-state index in [1.165, 1.54) is 12.1 Å². The molecule has 27 heavy (non-hydrogen) atoms. The number of alkyl halides is 3. The Bertz CT molecular complexity index is 878. The molecule has 0 bridgehead atoms.